The number of hydrogen-bond donors (Lipinski definition) is 1. The van der Waals surface area contributed by atoms with E-state index in [0.717, 1.165) is 58.9 Å². The molecule has 1 fully saturated rings. The molecule has 5 nitrogen and oxygen atoms in total. The Kier molecular flexibility index (Phi) is 9.60. The highest BCUT2D eigenvalue weighted by atomic mass is 35.5. The number of thiocarbonyl (C=S) groups is 1. The van der Waals surface area contributed by atoms with Crippen molar-refractivity contribution in [2.75, 3.05) is 62.7 Å². The molecule has 190 valence electrons. The highest BCUT2D eigenvalue weighted by Gasteiger charge is 2.19. The first-order valence-electron chi connectivity index (χ1n) is 12.7. The van der Waals surface area contributed by atoms with Crippen molar-refractivity contribution in [3.63, 3.8) is 0 Å². The summed E-state index contributed by atoms with van der Waals surface area (Å²) >= 11 is 11.8. The molecule has 0 aromatic heterocycles. The van der Waals surface area contributed by atoms with Gasteiger partial charge in [0.05, 0.1) is 18.2 Å². The van der Waals surface area contributed by atoms with Crippen molar-refractivity contribution in [2.45, 2.75) is 39.2 Å². The van der Waals surface area contributed by atoms with Gasteiger partial charge in [-0.3, -0.25) is 4.90 Å². The van der Waals surface area contributed by atoms with Crippen molar-refractivity contribution in [1.82, 2.24) is 9.80 Å². The maximum atomic E-state index is 13.6. The first-order chi connectivity index (χ1) is 17.0. The number of benzene rings is 2. The van der Waals surface area contributed by atoms with E-state index in [1.807, 2.05) is 0 Å². The van der Waals surface area contributed by atoms with Crippen LogP contribution in [0.5, 0.6) is 0 Å². The van der Waals surface area contributed by atoms with E-state index in [0.29, 0.717) is 17.3 Å². The van der Waals surface area contributed by atoms with Gasteiger partial charge in [0.15, 0.2) is 5.11 Å². The molecule has 2 aromatic rings. The minimum Gasteiger partial charge on any atom is -0.379 e. The van der Waals surface area contributed by atoms with Crippen LogP contribution >= 0.6 is 23.8 Å². The fraction of sp³-hybridized carbons (Fsp3) is 0.519. The molecule has 1 N–H and O–H groups in total. The van der Waals surface area contributed by atoms with Crippen molar-refractivity contribution in [3.05, 3.63) is 58.4 Å². The van der Waals surface area contributed by atoms with E-state index in [1.54, 1.807) is 12.1 Å². The van der Waals surface area contributed by atoms with Crippen molar-refractivity contribution in [1.29, 1.82) is 0 Å². The lowest BCUT2D eigenvalue weighted by Crippen LogP contribution is -2.44. The minimum absolute atomic E-state index is 0.0833. The quantitative estimate of drug-likeness (QED) is 0.437. The molecule has 2 aliphatic heterocycles. The molecule has 0 spiro atoms. The van der Waals surface area contributed by atoms with Crippen LogP contribution in [0.25, 0.3) is 0 Å². The topological polar surface area (TPSA) is 31.0 Å². The van der Waals surface area contributed by atoms with Crippen LogP contribution in [0.4, 0.5) is 15.8 Å². The number of unbranched alkanes of at least 4 members (excludes halogenated alkanes) is 1. The highest BCUT2D eigenvalue weighted by Crippen LogP contribution is 2.29. The third-order valence-corrected chi connectivity index (χ3v) is 7.41. The van der Waals surface area contributed by atoms with Gasteiger partial charge < -0.3 is 19.9 Å². The van der Waals surface area contributed by atoms with E-state index in [2.05, 4.69) is 45.1 Å². The number of fused-ring (bicyclic) bond motifs is 1. The lowest BCUT2D eigenvalue weighted by atomic mass is 9.98. The molecule has 2 aromatic carbocycles. The molecular weight excluding hydrogens is 483 g/mol. The average molecular weight is 519 g/mol. The molecule has 0 aliphatic carbocycles. The second kappa shape index (κ2) is 12.9. The number of halogens is 2. The van der Waals surface area contributed by atoms with E-state index >= 15 is 0 Å². The fourth-order valence-electron chi connectivity index (χ4n) is 4.74. The molecule has 4 rings (SSSR count). The van der Waals surface area contributed by atoms with Gasteiger partial charge in [-0.1, -0.05) is 37.1 Å². The van der Waals surface area contributed by atoms with Crippen molar-refractivity contribution >= 4 is 40.3 Å². The largest absolute Gasteiger partial charge is 0.379 e. The third kappa shape index (κ3) is 7.29. The van der Waals surface area contributed by atoms with E-state index in [-0.39, 0.29) is 5.02 Å². The number of anilines is 2. The first kappa shape index (κ1) is 26.1. The maximum Gasteiger partial charge on any atom is 0.173 e. The van der Waals surface area contributed by atoms with Gasteiger partial charge in [-0.2, -0.15) is 0 Å². The number of ether oxygens (including phenoxy) is 1. The monoisotopic (exact) mass is 518 g/mol. The number of rotatable bonds is 9. The number of aryl methyl sites for hydroxylation is 1. The summed E-state index contributed by atoms with van der Waals surface area (Å²) < 4.78 is 19.1. The van der Waals surface area contributed by atoms with Gasteiger partial charge in [0.2, 0.25) is 0 Å². The van der Waals surface area contributed by atoms with Crippen LogP contribution in [0.3, 0.4) is 0 Å². The Balaban J connectivity index is 1.48. The Hall–Kier alpha value is -1.93. The molecule has 2 aliphatic rings. The maximum absolute atomic E-state index is 13.6. The summed E-state index contributed by atoms with van der Waals surface area (Å²) in [5.41, 5.74) is 4.76. The zero-order valence-corrected chi connectivity index (χ0v) is 22.1. The van der Waals surface area contributed by atoms with Crippen LogP contribution in [0.2, 0.25) is 5.02 Å². The van der Waals surface area contributed by atoms with Crippen LogP contribution in [-0.2, 0) is 17.7 Å². The molecule has 0 atom stereocenters. The van der Waals surface area contributed by atoms with Gasteiger partial charge in [-0.25, -0.2) is 4.39 Å². The Labute approximate surface area is 219 Å². The van der Waals surface area contributed by atoms with Gasteiger partial charge in [-0.15, -0.1) is 0 Å². The molecule has 0 unspecified atom stereocenters. The number of hydrogen-bond acceptors (Lipinski definition) is 4. The number of nitrogens with one attached hydrogen (secondary N) is 1. The van der Waals surface area contributed by atoms with Gasteiger partial charge in [0.25, 0.3) is 0 Å². The van der Waals surface area contributed by atoms with Crippen molar-refractivity contribution < 1.29 is 9.13 Å². The molecule has 0 radical (unpaired) electrons. The summed E-state index contributed by atoms with van der Waals surface area (Å²) in [6.45, 7) is 10.4. The average Bonchev–Trinajstić information content (AvgIpc) is 2.87. The third-order valence-electron chi connectivity index (χ3n) is 6.76. The van der Waals surface area contributed by atoms with Gasteiger partial charge in [-0.05, 0) is 66.9 Å². The highest BCUT2D eigenvalue weighted by molar-refractivity contribution is 7.80. The number of morpholine rings is 1. The van der Waals surface area contributed by atoms with E-state index in [1.165, 1.54) is 42.1 Å². The SMILES string of the molecule is CCCCN1CCCc2cc(CN(CCN3CCOCC3)C(=S)Nc3ccc(F)c(Cl)c3)ccc21. The van der Waals surface area contributed by atoms with Gasteiger partial charge in [0, 0.05) is 57.2 Å². The predicted molar refractivity (Wildman–Crippen MR) is 147 cm³/mol. The van der Waals surface area contributed by atoms with Crippen molar-refractivity contribution in [3.8, 4) is 0 Å². The van der Waals surface area contributed by atoms with Crippen LogP contribution in [0, 0.1) is 5.82 Å². The molecule has 2 heterocycles. The summed E-state index contributed by atoms with van der Waals surface area (Å²) in [4.78, 5) is 7.14. The van der Waals surface area contributed by atoms with E-state index < -0.39 is 5.82 Å². The molecular formula is C27H36ClFN4OS. The Morgan fingerprint density at radius 3 is 2.74 bits per heavy atom. The molecule has 1 saturated heterocycles. The van der Waals surface area contributed by atoms with Crippen LogP contribution in [-0.4, -0.2) is 67.4 Å². The summed E-state index contributed by atoms with van der Waals surface area (Å²) in [5.74, 6) is -0.436. The molecule has 0 saturated carbocycles. The molecule has 0 amide bonds. The summed E-state index contributed by atoms with van der Waals surface area (Å²) in [6, 6.07) is 11.5. The molecule has 35 heavy (non-hydrogen) atoms. The molecule has 8 heteroatoms. The lowest BCUT2D eigenvalue weighted by Gasteiger charge is -2.33. The van der Waals surface area contributed by atoms with Gasteiger partial charge in [0.1, 0.15) is 5.82 Å². The predicted octanol–water partition coefficient (Wildman–Crippen LogP) is 5.56. The number of nitrogens with zero attached hydrogens (tertiary/aromatic N) is 3. The van der Waals surface area contributed by atoms with Crippen LogP contribution in [0.15, 0.2) is 36.4 Å². The summed E-state index contributed by atoms with van der Waals surface area (Å²) in [7, 11) is 0. The normalized spacial score (nSPS) is 16.1. The van der Waals surface area contributed by atoms with E-state index in [4.69, 9.17) is 28.6 Å². The summed E-state index contributed by atoms with van der Waals surface area (Å²) in [6.07, 6.45) is 4.76. The zero-order valence-electron chi connectivity index (χ0n) is 20.6. The second-order valence-electron chi connectivity index (χ2n) is 9.34. The zero-order chi connectivity index (χ0) is 24.6. The first-order valence-corrected chi connectivity index (χ1v) is 13.5. The van der Waals surface area contributed by atoms with Gasteiger partial charge >= 0.3 is 0 Å². The second-order valence-corrected chi connectivity index (χ2v) is 10.1. The standard InChI is InChI=1S/C27H36ClFN4OS/c1-2-3-10-32-11-4-5-22-18-21(6-9-26(22)32)20-33(13-12-31-14-16-34-17-15-31)27(35)30-23-7-8-25(29)24(28)19-23/h6-9,18-19H,2-5,10-17,20H2,1H3,(H,30,35). The minimum atomic E-state index is -0.436. The fourth-order valence-corrected chi connectivity index (χ4v) is 5.20. The Morgan fingerprint density at radius 1 is 1.14 bits per heavy atom. The Morgan fingerprint density at radius 2 is 1.97 bits per heavy atom. The van der Waals surface area contributed by atoms with Crippen LogP contribution in [0.1, 0.15) is 37.3 Å². The smallest absolute Gasteiger partial charge is 0.173 e. The lowest BCUT2D eigenvalue weighted by molar-refractivity contribution is 0.0358. The van der Waals surface area contributed by atoms with E-state index in [9.17, 15) is 4.39 Å². The van der Waals surface area contributed by atoms with Crippen LogP contribution < -0.4 is 10.2 Å². The molecule has 0 bridgehead atoms. The Bertz CT molecular complexity index is 1000. The summed E-state index contributed by atoms with van der Waals surface area (Å²) in [5, 5.41) is 3.96. The van der Waals surface area contributed by atoms with Crippen molar-refractivity contribution in [2.24, 2.45) is 0 Å².